The van der Waals surface area contributed by atoms with Crippen molar-refractivity contribution in [3.63, 3.8) is 0 Å². The van der Waals surface area contributed by atoms with Gasteiger partial charge in [0.05, 0.1) is 11.7 Å². The molecule has 4 rings (SSSR count). The molecule has 1 aliphatic heterocycles. The van der Waals surface area contributed by atoms with Gasteiger partial charge in [0.1, 0.15) is 23.8 Å². The number of pyridine rings is 1. The summed E-state index contributed by atoms with van der Waals surface area (Å²) < 4.78 is 2.01. The Hall–Kier alpha value is -2.76. The minimum Gasteiger partial charge on any atom is -0.348 e. The van der Waals surface area contributed by atoms with E-state index in [0.717, 1.165) is 48.2 Å². The molecule has 6 nitrogen and oxygen atoms in total. The summed E-state index contributed by atoms with van der Waals surface area (Å²) in [7, 11) is 0. The van der Waals surface area contributed by atoms with Gasteiger partial charge in [-0.3, -0.25) is 4.57 Å². The Labute approximate surface area is 141 Å². The number of aryl methyl sites for hydroxylation is 2. The van der Waals surface area contributed by atoms with Gasteiger partial charge in [0, 0.05) is 30.7 Å². The summed E-state index contributed by atoms with van der Waals surface area (Å²) in [6, 6.07) is 8.49. The molecule has 0 saturated carbocycles. The number of anilines is 1. The minimum absolute atomic E-state index is 0.253. The van der Waals surface area contributed by atoms with Crippen molar-refractivity contribution in [3.8, 4) is 5.82 Å². The van der Waals surface area contributed by atoms with Crippen LogP contribution in [0.4, 0.5) is 5.82 Å². The Kier molecular flexibility index (Phi) is 3.72. The summed E-state index contributed by atoms with van der Waals surface area (Å²) in [4.78, 5) is 20.2. The SMILES string of the molecule is Cc1cc(N2CCC[C@H]2c2cccc(-n3ccnc3C)n2)ncn1. The first-order valence-corrected chi connectivity index (χ1v) is 8.25. The van der Waals surface area contributed by atoms with E-state index in [0.29, 0.717) is 0 Å². The smallest absolute Gasteiger partial charge is 0.138 e. The predicted octanol–water partition coefficient (Wildman–Crippen LogP) is 3.02. The molecule has 0 bridgehead atoms. The molecule has 1 atom stereocenters. The van der Waals surface area contributed by atoms with E-state index in [4.69, 9.17) is 4.98 Å². The third-order valence-corrected chi connectivity index (χ3v) is 4.51. The maximum absolute atomic E-state index is 4.89. The van der Waals surface area contributed by atoms with E-state index in [9.17, 15) is 0 Å². The molecule has 4 heterocycles. The van der Waals surface area contributed by atoms with Gasteiger partial charge in [-0.25, -0.2) is 19.9 Å². The molecule has 24 heavy (non-hydrogen) atoms. The molecule has 3 aromatic heterocycles. The van der Waals surface area contributed by atoms with Gasteiger partial charge in [0.15, 0.2) is 0 Å². The number of imidazole rings is 1. The Morgan fingerprint density at radius 2 is 2.00 bits per heavy atom. The quantitative estimate of drug-likeness (QED) is 0.742. The van der Waals surface area contributed by atoms with Gasteiger partial charge < -0.3 is 4.90 Å². The highest BCUT2D eigenvalue weighted by Crippen LogP contribution is 2.34. The largest absolute Gasteiger partial charge is 0.348 e. The van der Waals surface area contributed by atoms with Crippen LogP contribution in [0.25, 0.3) is 5.82 Å². The Bertz CT molecular complexity index is 856. The van der Waals surface area contributed by atoms with Crippen molar-refractivity contribution in [3.05, 3.63) is 60.2 Å². The zero-order valence-electron chi connectivity index (χ0n) is 13.9. The minimum atomic E-state index is 0.253. The van der Waals surface area contributed by atoms with Gasteiger partial charge in [0.25, 0.3) is 0 Å². The number of aromatic nitrogens is 5. The van der Waals surface area contributed by atoms with E-state index < -0.39 is 0 Å². The second-order valence-corrected chi connectivity index (χ2v) is 6.13. The van der Waals surface area contributed by atoms with Crippen molar-refractivity contribution in [1.82, 2.24) is 24.5 Å². The number of hydrogen-bond donors (Lipinski definition) is 0. The lowest BCUT2D eigenvalue weighted by Crippen LogP contribution is -2.24. The summed E-state index contributed by atoms with van der Waals surface area (Å²) in [5.41, 5.74) is 2.07. The zero-order chi connectivity index (χ0) is 16.5. The fraction of sp³-hybridized carbons (Fsp3) is 0.333. The van der Waals surface area contributed by atoms with Crippen molar-refractivity contribution >= 4 is 5.82 Å². The van der Waals surface area contributed by atoms with Crippen LogP contribution in [0.3, 0.4) is 0 Å². The van der Waals surface area contributed by atoms with Crippen LogP contribution < -0.4 is 4.90 Å². The lowest BCUT2D eigenvalue weighted by molar-refractivity contribution is 0.682. The monoisotopic (exact) mass is 320 g/mol. The molecule has 1 saturated heterocycles. The fourth-order valence-electron chi connectivity index (χ4n) is 3.33. The first-order chi connectivity index (χ1) is 11.7. The first-order valence-electron chi connectivity index (χ1n) is 8.25. The highest BCUT2D eigenvalue weighted by molar-refractivity contribution is 5.43. The molecule has 0 unspecified atom stereocenters. The van der Waals surface area contributed by atoms with E-state index in [1.807, 2.05) is 36.7 Å². The molecule has 0 spiro atoms. The summed E-state index contributed by atoms with van der Waals surface area (Å²) in [5.74, 6) is 2.83. The van der Waals surface area contributed by atoms with Crippen LogP contribution in [0.5, 0.6) is 0 Å². The average molecular weight is 320 g/mol. The molecule has 6 heteroatoms. The Morgan fingerprint density at radius 3 is 2.79 bits per heavy atom. The van der Waals surface area contributed by atoms with Crippen molar-refractivity contribution in [2.45, 2.75) is 32.7 Å². The first kappa shape index (κ1) is 14.8. The normalized spacial score (nSPS) is 17.4. The molecule has 0 N–H and O–H groups in total. The molecule has 1 fully saturated rings. The highest BCUT2D eigenvalue weighted by Gasteiger charge is 2.28. The standard InChI is InChI=1S/C18H20N6/c1-13-11-18(21-12-20-13)24-9-4-6-16(24)15-5-3-7-17(22-15)23-10-8-19-14(23)2/h3,5,7-8,10-12,16H,4,6,9H2,1-2H3/t16-/m0/s1. The predicted molar refractivity (Wildman–Crippen MR) is 92.2 cm³/mol. The van der Waals surface area contributed by atoms with Gasteiger partial charge in [-0.05, 0) is 38.8 Å². The molecule has 0 aromatic carbocycles. The lowest BCUT2D eigenvalue weighted by Gasteiger charge is -2.25. The number of nitrogens with zero attached hydrogens (tertiary/aromatic N) is 6. The average Bonchev–Trinajstić information content (AvgIpc) is 3.24. The summed E-state index contributed by atoms with van der Waals surface area (Å²) in [6.45, 7) is 4.98. The molecular formula is C18H20N6. The van der Waals surface area contributed by atoms with Crippen LogP contribution in [0.2, 0.25) is 0 Å². The van der Waals surface area contributed by atoms with Gasteiger partial charge in [0.2, 0.25) is 0 Å². The fourth-order valence-corrected chi connectivity index (χ4v) is 3.33. The zero-order valence-corrected chi connectivity index (χ0v) is 13.9. The second-order valence-electron chi connectivity index (χ2n) is 6.13. The Morgan fingerprint density at radius 1 is 1.08 bits per heavy atom. The van der Waals surface area contributed by atoms with Gasteiger partial charge in [-0.15, -0.1) is 0 Å². The summed E-state index contributed by atoms with van der Waals surface area (Å²) in [5, 5.41) is 0. The third kappa shape index (κ3) is 2.64. The second kappa shape index (κ2) is 6.03. The lowest BCUT2D eigenvalue weighted by atomic mass is 10.1. The Balaban J connectivity index is 1.69. The highest BCUT2D eigenvalue weighted by atomic mass is 15.2. The van der Waals surface area contributed by atoms with Crippen LogP contribution in [0.1, 0.15) is 36.1 Å². The van der Waals surface area contributed by atoms with Crippen LogP contribution in [-0.2, 0) is 0 Å². The van der Waals surface area contributed by atoms with Gasteiger partial charge in [-0.2, -0.15) is 0 Å². The maximum atomic E-state index is 4.89. The summed E-state index contributed by atoms with van der Waals surface area (Å²) >= 11 is 0. The summed E-state index contributed by atoms with van der Waals surface area (Å²) in [6.07, 6.45) is 7.61. The number of hydrogen-bond acceptors (Lipinski definition) is 5. The van der Waals surface area contributed by atoms with E-state index >= 15 is 0 Å². The van der Waals surface area contributed by atoms with Crippen molar-refractivity contribution in [2.75, 3.05) is 11.4 Å². The van der Waals surface area contributed by atoms with Crippen molar-refractivity contribution in [2.24, 2.45) is 0 Å². The van der Waals surface area contributed by atoms with Crippen LogP contribution in [0, 0.1) is 13.8 Å². The van der Waals surface area contributed by atoms with E-state index in [-0.39, 0.29) is 6.04 Å². The van der Waals surface area contributed by atoms with Crippen LogP contribution in [0.15, 0.2) is 43.0 Å². The van der Waals surface area contributed by atoms with Crippen molar-refractivity contribution in [1.29, 1.82) is 0 Å². The van der Waals surface area contributed by atoms with E-state index in [1.165, 1.54) is 0 Å². The van der Waals surface area contributed by atoms with Gasteiger partial charge >= 0.3 is 0 Å². The van der Waals surface area contributed by atoms with E-state index in [2.05, 4.69) is 32.0 Å². The molecule has 0 amide bonds. The van der Waals surface area contributed by atoms with Crippen LogP contribution >= 0.6 is 0 Å². The molecular weight excluding hydrogens is 300 g/mol. The number of rotatable bonds is 3. The van der Waals surface area contributed by atoms with E-state index in [1.54, 1.807) is 12.5 Å². The maximum Gasteiger partial charge on any atom is 0.138 e. The third-order valence-electron chi connectivity index (χ3n) is 4.51. The molecule has 122 valence electrons. The molecule has 3 aromatic rings. The van der Waals surface area contributed by atoms with Crippen LogP contribution in [-0.4, -0.2) is 31.0 Å². The van der Waals surface area contributed by atoms with Gasteiger partial charge in [-0.1, -0.05) is 6.07 Å². The molecule has 0 radical (unpaired) electrons. The molecule has 1 aliphatic rings. The van der Waals surface area contributed by atoms with Crippen molar-refractivity contribution < 1.29 is 0 Å². The topological polar surface area (TPSA) is 59.7 Å². The molecule has 0 aliphatic carbocycles.